The van der Waals surface area contributed by atoms with Crippen molar-refractivity contribution < 1.29 is 13.2 Å². The molecule has 0 radical (unpaired) electrons. The molecule has 1 unspecified atom stereocenters. The van der Waals surface area contributed by atoms with Crippen LogP contribution in [0.3, 0.4) is 0 Å². The maximum atomic E-state index is 12.3. The smallest absolute Gasteiger partial charge is 0.316 e. The maximum absolute atomic E-state index is 12.3. The molecule has 1 saturated heterocycles. The van der Waals surface area contributed by atoms with Crippen LogP contribution in [0.5, 0.6) is 0 Å². The monoisotopic (exact) mass is 259 g/mol. The zero-order valence-electron chi connectivity index (χ0n) is 10.0. The van der Waals surface area contributed by atoms with Crippen molar-refractivity contribution in [2.24, 2.45) is 5.92 Å². The van der Waals surface area contributed by atoms with Crippen molar-refractivity contribution in [2.45, 2.75) is 31.9 Å². The molecule has 2 rings (SSSR count). The third kappa shape index (κ3) is 3.66. The molecule has 6 heteroatoms. The lowest BCUT2D eigenvalue weighted by Crippen LogP contribution is -2.30. The van der Waals surface area contributed by atoms with Gasteiger partial charge in [-0.15, -0.1) is 0 Å². The Labute approximate surface area is 104 Å². The van der Waals surface area contributed by atoms with Crippen LogP contribution < -0.4 is 5.32 Å². The summed E-state index contributed by atoms with van der Waals surface area (Å²) < 4.78 is 36.9. The first-order valence-electron chi connectivity index (χ1n) is 6.14. The van der Waals surface area contributed by atoms with Gasteiger partial charge in [-0.05, 0) is 38.3 Å². The number of aromatic nitrogens is 2. The number of aryl methyl sites for hydroxylation is 1. The highest BCUT2D eigenvalue weighted by Gasteiger charge is 2.31. The highest BCUT2D eigenvalue weighted by molar-refractivity contribution is 5.09. The molecule has 1 aromatic rings. The maximum Gasteiger partial charge on any atom is 0.419 e. The molecule has 0 aromatic carbocycles. The summed E-state index contributed by atoms with van der Waals surface area (Å²) >= 11 is 0. The van der Waals surface area contributed by atoms with Crippen LogP contribution in [0.4, 0.5) is 13.2 Å². The van der Waals surface area contributed by atoms with E-state index in [9.17, 15) is 13.2 Å². The fraction of sp³-hybridized carbons (Fsp3) is 0.667. The van der Waals surface area contributed by atoms with Crippen LogP contribution in [0.25, 0.3) is 0 Å². The summed E-state index contributed by atoms with van der Waals surface area (Å²) in [5.41, 5.74) is -0.786. The minimum Gasteiger partial charge on any atom is -0.316 e. The molecule has 0 spiro atoms. The molecule has 1 atom stereocenters. The van der Waals surface area contributed by atoms with E-state index in [0.29, 0.717) is 18.2 Å². The molecule has 0 saturated carbocycles. The standard InChI is InChI=1S/C12H16F3N3/c13-12(14,15)10-7-17-11(18-8-10)4-3-9-2-1-5-16-6-9/h7-9,16H,1-6H2. The minimum absolute atomic E-state index is 0.494. The van der Waals surface area contributed by atoms with Crippen molar-refractivity contribution in [3.05, 3.63) is 23.8 Å². The Balaban J connectivity index is 1.86. The van der Waals surface area contributed by atoms with Gasteiger partial charge in [-0.2, -0.15) is 13.2 Å². The summed E-state index contributed by atoms with van der Waals surface area (Å²) in [6.45, 7) is 2.05. The van der Waals surface area contributed by atoms with Crippen LogP contribution in [0.15, 0.2) is 12.4 Å². The number of nitrogens with one attached hydrogen (secondary N) is 1. The number of hydrogen-bond acceptors (Lipinski definition) is 3. The van der Waals surface area contributed by atoms with Crippen LogP contribution in [-0.4, -0.2) is 23.1 Å². The van der Waals surface area contributed by atoms with Gasteiger partial charge in [0.25, 0.3) is 0 Å². The van der Waals surface area contributed by atoms with Crippen LogP contribution >= 0.6 is 0 Å². The predicted octanol–water partition coefficient (Wildman–Crippen LogP) is 2.43. The average molecular weight is 259 g/mol. The Hall–Kier alpha value is -1.17. The molecule has 1 fully saturated rings. The van der Waals surface area contributed by atoms with Gasteiger partial charge in [0, 0.05) is 18.8 Å². The van der Waals surface area contributed by atoms with Crippen molar-refractivity contribution in [3.8, 4) is 0 Å². The number of nitrogens with zero attached hydrogens (tertiary/aromatic N) is 2. The molecule has 3 nitrogen and oxygen atoms in total. The van der Waals surface area contributed by atoms with Crippen LogP contribution in [0, 0.1) is 5.92 Å². The average Bonchev–Trinajstić information content (AvgIpc) is 2.37. The second-order valence-electron chi connectivity index (χ2n) is 4.64. The van der Waals surface area contributed by atoms with Gasteiger partial charge in [0.05, 0.1) is 5.56 Å². The van der Waals surface area contributed by atoms with Crippen molar-refractivity contribution in [3.63, 3.8) is 0 Å². The molecule has 2 heterocycles. The van der Waals surface area contributed by atoms with Crippen molar-refractivity contribution in [1.29, 1.82) is 0 Å². The van der Waals surface area contributed by atoms with E-state index in [0.717, 1.165) is 31.9 Å². The normalized spacial score (nSPS) is 20.9. The van der Waals surface area contributed by atoms with E-state index in [4.69, 9.17) is 0 Å². The Kier molecular flexibility index (Phi) is 4.16. The molecule has 18 heavy (non-hydrogen) atoms. The number of rotatable bonds is 3. The van der Waals surface area contributed by atoms with E-state index in [1.165, 1.54) is 12.8 Å². The van der Waals surface area contributed by atoms with Gasteiger partial charge in [0.1, 0.15) is 5.82 Å². The molecule has 1 aliphatic heterocycles. The van der Waals surface area contributed by atoms with Gasteiger partial charge >= 0.3 is 6.18 Å². The molecule has 1 N–H and O–H groups in total. The summed E-state index contributed by atoms with van der Waals surface area (Å²) in [4.78, 5) is 7.56. The van der Waals surface area contributed by atoms with E-state index in [1.54, 1.807) is 0 Å². The Bertz CT molecular complexity index is 369. The van der Waals surface area contributed by atoms with Crippen molar-refractivity contribution >= 4 is 0 Å². The molecule has 0 amide bonds. The number of piperidine rings is 1. The van der Waals surface area contributed by atoms with Gasteiger partial charge in [0.2, 0.25) is 0 Å². The Morgan fingerprint density at radius 2 is 2.00 bits per heavy atom. The van der Waals surface area contributed by atoms with Crippen LogP contribution in [0.1, 0.15) is 30.7 Å². The summed E-state index contributed by atoms with van der Waals surface area (Å²) in [6.07, 6.45) is 1.28. The van der Waals surface area contributed by atoms with E-state index in [2.05, 4.69) is 15.3 Å². The first-order valence-corrected chi connectivity index (χ1v) is 6.14. The van der Waals surface area contributed by atoms with E-state index >= 15 is 0 Å². The van der Waals surface area contributed by atoms with Crippen LogP contribution in [-0.2, 0) is 12.6 Å². The van der Waals surface area contributed by atoms with Gasteiger partial charge in [-0.3, -0.25) is 0 Å². The molecule has 100 valence electrons. The van der Waals surface area contributed by atoms with E-state index < -0.39 is 11.7 Å². The van der Waals surface area contributed by atoms with Crippen LogP contribution in [0.2, 0.25) is 0 Å². The van der Waals surface area contributed by atoms with Crippen molar-refractivity contribution in [1.82, 2.24) is 15.3 Å². The molecule has 0 aliphatic carbocycles. The number of hydrogen-bond donors (Lipinski definition) is 1. The zero-order chi connectivity index (χ0) is 13.0. The van der Waals surface area contributed by atoms with Gasteiger partial charge in [-0.1, -0.05) is 0 Å². The molecule has 1 aliphatic rings. The molecular weight excluding hydrogens is 243 g/mol. The second-order valence-corrected chi connectivity index (χ2v) is 4.64. The molecule has 0 bridgehead atoms. The second kappa shape index (κ2) is 5.65. The highest BCUT2D eigenvalue weighted by Crippen LogP contribution is 2.27. The zero-order valence-corrected chi connectivity index (χ0v) is 10.0. The minimum atomic E-state index is -4.36. The third-order valence-electron chi connectivity index (χ3n) is 3.21. The van der Waals surface area contributed by atoms with Crippen molar-refractivity contribution in [2.75, 3.05) is 13.1 Å². The third-order valence-corrected chi connectivity index (χ3v) is 3.21. The summed E-state index contributed by atoms with van der Waals surface area (Å²) in [5, 5.41) is 3.31. The summed E-state index contributed by atoms with van der Waals surface area (Å²) in [6, 6.07) is 0. The van der Waals surface area contributed by atoms with E-state index in [1.807, 2.05) is 0 Å². The highest BCUT2D eigenvalue weighted by atomic mass is 19.4. The summed E-state index contributed by atoms with van der Waals surface area (Å²) in [7, 11) is 0. The lowest BCUT2D eigenvalue weighted by molar-refractivity contribution is -0.138. The van der Waals surface area contributed by atoms with Gasteiger partial charge in [-0.25, -0.2) is 9.97 Å². The quantitative estimate of drug-likeness (QED) is 0.906. The molecule has 1 aromatic heterocycles. The van der Waals surface area contributed by atoms with E-state index in [-0.39, 0.29) is 0 Å². The fourth-order valence-electron chi connectivity index (χ4n) is 2.13. The topological polar surface area (TPSA) is 37.8 Å². The number of alkyl halides is 3. The lowest BCUT2D eigenvalue weighted by atomic mass is 9.94. The first-order chi connectivity index (χ1) is 8.55. The first kappa shape index (κ1) is 13.3. The largest absolute Gasteiger partial charge is 0.419 e. The summed E-state index contributed by atoms with van der Waals surface area (Å²) in [5.74, 6) is 1.08. The predicted molar refractivity (Wildman–Crippen MR) is 60.9 cm³/mol. The fourth-order valence-corrected chi connectivity index (χ4v) is 2.13. The lowest BCUT2D eigenvalue weighted by Gasteiger charge is -2.22. The molecular formula is C12H16F3N3. The SMILES string of the molecule is FC(F)(F)c1cnc(CCC2CCCNC2)nc1. The Morgan fingerprint density at radius 3 is 2.56 bits per heavy atom. The number of halogens is 3. The Morgan fingerprint density at radius 1 is 1.28 bits per heavy atom. The van der Waals surface area contributed by atoms with Gasteiger partial charge < -0.3 is 5.32 Å². The van der Waals surface area contributed by atoms with Gasteiger partial charge in [0.15, 0.2) is 0 Å².